The number of nitro groups is 1. The van der Waals surface area contributed by atoms with Gasteiger partial charge in [0.25, 0.3) is 11.6 Å². The minimum absolute atomic E-state index is 0.0507. The van der Waals surface area contributed by atoms with Crippen LogP contribution in [0.2, 0.25) is 0 Å². The van der Waals surface area contributed by atoms with Crippen molar-refractivity contribution in [2.75, 3.05) is 11.5 Å². The van der Waals surface area contributed by atoms with Crippen LogP contribution >= 0.6 is 24.0 Å². The molecule has 31 heavy (non-hydrogen) atoms. The highest BCUT2D eigenvalue weighted by atomic mass is 32.2. The van der Waals surface area contributed by atoms with Crippen LogP contribution in [0, 0.1) is 10.1 Å². The van der Waals surface area contributed by atoms with Crippen molar-refractivity contribution in [1.29, 1.82) is 0 Å². The van der Waals surface area contributed by atoms with Gasteiger partial charge in [0.2, 0.25) is 0 Å². The average molecular weight is 453 g/mol. The molecule has 0 atom stereocenters. The molecule has 7 nitrogen and oxygen atoms in total. The number of rotatable bonds is 6. The number of anilines is 1. The molecule has 0 aliphatic carbocycles. The van der Waals surface area contributed by atoms with Crippen LogP contribution in [0.5, 0.6) is 5.75 Å². The van der Waals surface area contributed by atoms with Gasteiger partial charge in [0.1, 0.15) is 17.3 Å². The molecule has 2 aromatic carbocycles. The molecular formula is C22H16N2O5S2. The van der Waals surface area contributed by atoms with Gasteiger partial charge in [0.15, 0.2) is 4.32 Å². The van der Waals surface area contributed by atoms with E-state index in [0.29, 0.717) is 44.4 Å². The first-order valence-electron chi connectivity index (χ1n) is 9.32. The lowest BCUT2D eigenvalue weighted by molar-refractivity contribution is -0.384. The Hall–Kier alpha value is -3.43. The number of para-hydroxylation sites is 1. The molecule has 0 radical (unpaired) electrons. The van der Waals surface area contributed by atoms with Crippen molar-refractivity contribution >= 4 is 51.7 Å². The highest BCUT2D eigenvalue weighted by Gasteiger charge is 2.33. The molecule has 0 unspecified atom stereocenters. The second-order valence-corrected chi connectivity index (χ2v) is 8.10. The van der Waals surface area contributed by atoms with Crippen molar-refractivity contribution in [3.05, 3.63) is 81.4 Å². The number of nitrogens with zero attached hydrogens (tertiary/aromatic N) is 2. The van der Waals surface area contributed by atoms with Gasteiger partial charge in [0, 0.05) is 12.1 Å². The molecule has 156 valence electrons. The molecule has 3 aromatic rings. The number of hydrogen-bond acceptors (Lipinski definition) is 7. The van der Waals surface area contributed by atoms with Gasteiger partial charge in [-0.2, -0.15) is 0 Å². The first-order valence-corrected chi connectivity index (χ1v) is 10.5. The molecule has 1 saturated heterocycles. The molecule has 1 amide bonds. The van der Waals surface area contributed by atoms with Gasteiger partial charge in [-0.1, -0.05) is 36.1 Å². The van der Waals surface area contributed by atoms with Crippen LogP contribution in [0.3, 0.4) is 0 Å². The number of ether oxygens (including phenoxy) is 1. The molecule has 1 aliphatic rings. The number of amides is 1. The van der Waals surface area contributed by atoms with Crippen LogP contribution in [0.15, 0.2) is 70.0 Å². The lowest BCUT2D eigenvalue weighted by Gasteiger charge is -2.15. The van der Waals surface area contributed by atoms with Crippen molar-refractivity contribution in [1.82, 2.24) is 0 Å². The van der Waals surface area contributed by atoms with E-state index in [-0.39, 0.29) is 11.6 Å². The molecule has 1 fully saturated rings. The Kier molecular flexibility index (Phi) is 5.88. The predicted octanol–water partition coefficient (Wildman–Crippen LogP) is 5.66. The summed E-state index contributed by atoms with van der Waals surface area (Å²) in [6, 6.07) is 16.8. The van der Waals surface area contributed by atoms with E-state index in [4.69, 9.17) is 21.4 Å². The SMILES string of the molecule is CCOc1ccc(N2C(=O)/C(=C\c3ccc(-c4ccccc4[N+](=O)[O-])o3)SC2=S)cc1. The normalized spacial score (nSPS) is 15.0. The number of thiocarbonyl (C=S) groups is 1. The Morgan fingerprint density at radius 2 is 1.90 bits per heavy atom. The Balaban J connectivity index is 1.59. The van der Waals surface area contributed by atoms with Crippen LogP contribution in [-0.4, -0.2) is 21.8 Å². The summed E-state index contributed by atoms with van der Waals surface area (Å²) in [5, 5.41) is 11.3. The molecule has 4 rings (SSSR count). The molecule has 9 heteroatoms. The maximum Gasteiger partial charge on any atom is 0.280 e. The lowest BCUT2D eigenvalue weighted by atomic mass is 10.1. The van der Waals surface area contributed by atoms with Crippen LogP contribution in [-0.2, 0) is 4.79 Å². The topological polar surface area (TPSA) is 85.8 Å². The van der Waals surface area contributed by atoms with Gasteiger partial charge >= 0.3 is 0 Å². The standard InChI is InChI=1S/C22H16N2O5S2/c1-2-28-15-9-7-14(8-10-15)23-21(25)20(31-22(23)30)13-16-11-12-19(29-16)17-5-3-4-6-18(17)24(26)27/h3-13H,2H2,1H3/b20-13+. The van der Waals surface area contributed by atoms with E-state index >= 15 is 0 Å². The van der Waals surface area contributed by atoms with Crippen LogP contribution in [0.25, 0.3) is 17.4 Å². The van der Waals surface area contributed by atoms with E-state index < -0.39 is 4.92 Å². The number of benzene rings is 2. The average Bonchev–Trinajstić information content (AvgIpc) is 3.33. The van der Waals surface area contributed by atoms with Crippen molar-refractivity contribution in [2.24, 2.45) is 0 Å². The van der Waals surface area contributed by atoms with E-state index in [0.717, 1.165) is 0 Å². The van der Waals surface area contributed by atoms with E-state index in [1.54, 1.807) is 60.7 Å². The van der Waals surface area contributed by atoms with Gasteiger partial charge in [-0.3, -0.25) is 19.8 Å². The fourth-order valence-electron chi connectivity index (χ4n) is 3.09. The van der Waals surface area contributed by atoms with E-state index in [9.17, 15) is 14.9 Å². The number of carbonyl (C=O) groups excluding carboxylic acids is 1. The molecule has 1 aliphatic heterocycles. The van der Waals surface area contributed by atoms with Gasteiger partial charge in [0.05, 0.1) is 27.7 Å². The zero-order valence-corrected chi connectivity index (χ0v) is 17.9. The molecule has 2 heterocycles. The van der Waals surface area contributed by atoms with Crippen LogP contribution < -0.4 is 9.64 Å². The summed E-state index contributed by atoms with van der Waals surface area (Å²) >= 11 is 6.56. The second kappa shape index (κ2) is 8.75. The smallest absolute Gasteiger partial charge is 0.280 e. The first-order chi connectivity index (χ1) is 15.0. The van der Waals surface area contributed by atoms with Gasteiger partial charge in [-0.05, 0) is 49.4 Å². The Morgan fingerprint density at radius 1 is 1.16 bits per heavy atom. The predicted molar refractivity (Wildman–Crippen MR) is 124 cm³/mol. The monoisotopic (exact) mass is 452 g/mol. The molecule has 1 aromatic heterocycles. The molecule has 0 saturated carbocycles. The summed E-state index contributed by atoms with van der Waals surface area (Å²) in [6.45, 7) is 2.46. The zero-order chi connectivity index (χ0) is 22.0. The lowest BCUT2D eigenvalue weighted by Crippen LogP contribution is -2.27. The largest absolute Gasteiger partial charge is 0.494 e. The highest BCUT2D eigenvalue weighted by molar-refractivity contribution is 8.27. The van der Waals surface area contributed by atoms with Crippen molar-refractivity contribution in [2.45, 2.75) is 6.92 Å². The summed E-state index contributed by atoms with van der Waals surface area (Å²) in [7, 11) is 0. The molecule has 0 N–H and O–H groups in total. The summed E-state index contributed by atoms with van der Waals surface area (Å²) in [6.07, 6.45) is 1.59. The number of furan rings is 1. The van der Waals surface area contributed by atoms with Crippen molar-refractivity contribution in [3.8, 4) is 17.1 Å². The zero-order valence-electron chi connectivity index (χ0n) is 16.3. The third-order valence-corrected chi connectivity index (χ3v) is 5.77. The van der Waals surface area contributed by atoms with Crippen LogP contribution in [0.4, 0.5) is 11.4 Å². The first kappa shape index (κ1) is 20.8. The summed E-state index contributed by atoms with van der Waals surface area (Å²) in [4.78, 5) is 25.6. The fourth-order valence-corrected chi connectivity index (χ4v) is 4.37. The number of carbonyl (C=O) groups is 1. The highest BCUT2D eigenvalue weighted by Crippen LogP contribution is 2.37. The van der Waals surface area contributed by atoms with Gasteiger partial charge in [-0.15, -0.1) is 0 Å². The maximum atomic E-state index is 12.9. The van der Waals surface area contributed by atoms with Crippen LogP contribution in [0.1, 0.15) is 12.7 Å². The van der Waals surface area contributed by atoms with Gasteiger partial charge < -0.3 is 9.15 Å². The maximum absolute atomic E-state index is 12.9. The minimum Gasteiger partial charge on any atom is -0.494 e. The third kappa shape index (κ3) is 4.23. The number of thioether (sulfide) groups is 1. The summed E-state index contributed by atoms with van der Waals surface area (Å²) in [5.41, 5.74) is 0.966. The Bertz CT molecular complexity index is 1200. The second-order valence-electron chi connectivity index (χ2n) is 6.42. The van der Waals surface area contributed by atoms with Crippen molar-refractivity contribution < 1.29 is 18.9 Å². The minimum atomic E-state index is -0.459. The fraction of sp³-hybridized carbons (Fsp3) is 0.0909. The number of nitro benzene ring substituents is 1. The quantitative estimate of drug-likeness (QED) is 0.206. The Morgan fingerprint density at radius 3 is 2.61 bits per heavy atom. The molecule has 0 spiro atoms. The molecule has 0 bridgehead atoms. The summed E-state index contributed by atoms with van der Waals surface area (Å²) in [5.74, 6) is 1.20. The van der Waals surface area contributed by atoms with E-state index in [2.05, 4.69) is 0 Å². The van der Waals surface area contributed by atoms with E-state index in [1.165, 1.54) is 22.7 Å². The Labute approximate surface area is 187 Å². The van der Waals surface area contributed by atoms with Gasteiger partial charge in [-0.25, -0.2) is 0 Å². The third-order valence-electron chi connectivity index (χ3n) is 4.47. The molecular weight excluding hydrogens is 436 g/mol. The van der Waals surface area contributed by atoms with Crippen molar-refractivity contribution in [3.63, 3.8) is 0 Å². The summed E-state index contributed by atoms with van der Waals surface area (Å²) < 4.78 is 11.6. The van der Waals surface area contributed by atoms with E-state index in [1.807, 2.05) is 6.92 Å². The number of hydrogen-bond donors (Lipinski definition) is 0.